The van der Waals surface area contributed by atoms with E-state index in [0.717, 1.165) is 0 Å². The van der Waals surface area contributed by atoms with Crippen LogP contribution in [-0.2, 0) is 0 Å². The number of nitrogens with zero attached hydrogens (tertiary/aromatic N) is 1. The van der Waals surface area contributed by atoms with Crippen molar-refractivity contribution in [2.45, 2.75) is 6.43 Å². The fourth-order valence-corrected chi connectivity index (χ4v) is 1.74. The van der Waals surface area contributed by atoms with Gasteiger partial charge in [-0.3, -0.25) is 4.79 Å². The normalized spacial score (nSPS) is 16.4. The summed E-state index contributed by atoms with van der Waals surface area (Å²) < 4.78 is 24.4. The number of likely N-dealkylation sites (tertiary alicyclic amines) is 1. The number of carbonyl (C=O) groups excluding carboxylic acids is 1. The minimum absolute atomic E-state index is 0.138. The standard InChI is InChI=1S/C11H10ClF2NO/c12-9-3-1-7(2-4-9)11(16)15-5-8(6-15)10(13)14/h1-4,8,10H,5-6H2. The first-order chi connectivity index (χ1) is 7.58. The molecule has 1 saturated heterocycles. The quantitative estimate of drug-likeness (QED) is 0.785. The van der Waals surface area contributed by atoms with Gasteiger partial charge in [-0.05, 0) is 24.3 Å². The SMILES string of the molecule is O=C(c1ccc(Cl)cc1)N1CC(C(F)F)C1. The molecule has 16 heavy (non-hydrogen) atoms. The Balaban J connectivity index is 1.97. The summed E-state index contributed by atoms with van der Waals surface area (Å²) in [5, 5.41) is 0.547. The third-order valence-electron chi connectivity index (χ3n) is 2.64. The largest absolute Gasteiger partial charge is 0.338 e. The van der Waals surface area contributed by atoms with Crippen molar-refractivity contribution in [3.8, 4) is 0 Å². The van der Waals surface area contributed by atoms with Gasteiger partial charge in [0.15, 0.2) is 0 Å². The van der Waals surface area contributed by atoms with Crippen LogP contribution in [0.1, 0.15) is 10.4 Å². The summed E-state index contributed by atoms with van der Waals surface area (Å²) in [5.41, 5.74) is 0.483. The fraction of sp³-hybridized carbons (Fsp3) is 0.364. The van der Waals surface area contributed by atoms with E-state index in [-0.39, 0.29) is 19.0 Å². The Bertz CT molecular complexity index is 387. The van der Waals surface area contributed by atoms with E-state index in [1.807, 2.05) is 0 Å². The molecule has 0 N–H and O–H groups in total. The van der Waals surface area contributed by atoms with Crippen molar-refractivity contribution in [3.05, 3.63) is 34.9 Å². The second-order valence-corrected chi connectivity index (χ2v) is 4.25. The van der Waals surface area contributed by atoms with Gasteiger partial charge in [0.1, 0.15) is 0 Å². The van der Waals surface area contributed by atoms with Crippen molar-refractivity contribution in [2.24, 2.45) is 5.92 Å². The topological polar surface area (TPSA) is 20.3 Å². The van der Waals surface area contributed by atoms with Crippen LogP contribution < -0.4 is 0 Å². The molecule has 1 amide bonds. The molecule has 0 aromatic heterocycles. The molecule has 1 heterocycles. The van der Waals surface area contributed by atoms with E-state index < -0.39 is 12.3 Å². The molecule has 86 valence electrons. The van der Waals surface area contributed by atoms with Crippen LogP contribution >= 0.6 is 11.6 Å². The Morgan fingerprint density at radius 1 is 1.31 bits per heavy atom. The number of benzene rings is 1. The molecule has 0 unspecified atom stereocenters. The Labute approximate surface area is 96.8 Å². The summed E-state index contributed by atoms with van der Waals surface area (Å²) >= 11 is 5.68. The van der Waals surface area contributed by atoms with Gasteiger partial charge in [-0.1, -0.05) is 11.6 Å². The number of rotatable bonds is 2. The highest BCUT2D eigenvalue weighted by molar-refractivity contribution is 6.30. The summed E-state index contributed by atoms with van der Waals surface area (Å²) in [7, 11) is 0. The summed E-state index contributed by atoms with van der Waals surface area (Å²) in [6.45, 7) is 0.276. The van der Waals surface area contributed by atoms with Gasteiger partial charge < -0.3 is 4.90 Å². The smallest absolute Gasteiger partial charge is 0.253 e. The first kappa shape index (κ1) is 11.3. The van der Waals surface area contributed by atoms with Gasteiger partial charge in [0.2, 0.25) is 6.43 Å². The molecule has 0 spiro atoms. The predicted octanol–water partition coefficient (Wildman–Crippen LogP) is 2.68. The van der Waals surface area contributed by atoms with E-state index >= 15 is 0 Å². The highest BCUT2D eigenvalue weighted by Crippen LogP contribution is 2.24. The third kappa shape index (κ3) is 2.16. The van der Waals surface area contributed by atoms with Gasteiger partial charge in [0.25, 0.3) is 5.91 Å². The average Bonchev–Trinajstić information content (AvgIpc) is 2.15. The predicted molar refractivity (Wildman–Crippen MR) is 56.8 cm³/mol. The lowest BCUT2D eigenvalue weighted by Crippen LogP contribution is -2.52. The lowest BCUT2D eigenvalue weighted by atomic mass is 9.99. The molecule has 0 saturated carbocycles. The van der Waals surface area contributed by atoms with Crippen LogP contribution in [0, 0.1) is 5.92 Å². The van der Waals surface area contributed by atoms with Gasteiger partial charge in [-0.25, -0.2) is 8.78 Å². The summed E-state index contributed by atoms with van der Waals surface area (Å²) in [4.78, 5) is 13.2. The molecular formula is C11H10ClF2NO. The van der Waals surface area contributed by atoms with Crippen molar-refractivity contribution in [2.75, 3.05) is 13.1 Å². The van der Waals surface area contributed by atoms with E-state index in [0.29, 0.717) is 10.6 Å². The molecule has 2 rings (SSSR count). The van der Waals surface area contributed by atoms with Crippen LogP contribution in [0.25, 0.3) is 0 Å². The number of amides is 1. The molecule has 0 aliphatic carbocycles. The fourth-order valence-electron chi connectivity index (χ4n) is 1.61. The zero-order chi connectivity index (χ0) is 11.7. The zero-order valence-electron chi connectivity index (χ0n) is 8.37. The molecule has 5 heteroatoms. The number of halogens is 3. The van der Waals surface area contributed by atoms with Gasteiger partial charge in [-0.15, -0.1) is 0 Å². The molecule has 1 fully saturated rings. The minimum atomic E-state index is -2.34. The van der Waals surface area contributed by atoms with E-state index in [4.69, 9.17) is 11.6 Å². The maximum absolute atomic E-state index is 12.2. The van der Waals surface area contributed by atoms with Crippen molar-refractivity contribution in [1.29, 1.82) is 0 Å². The second kappa shape index (κ2) is 4.37. The number of hydrogen-bond acceptors (Lipinski definition) is 1. The van der Waals surface area contributed by atoms with E-state index in [2.05, 4.69) is 0 Å². The van der Waals surface area contributed by atoms with Gasteiger partial charge in [0, 0.05) is 23.7 Å². The lowest BCUT2D eigenvalue weighted by Gasteiger charge is -2.38. The van der Waals surface area contributed by atoms with Crippen LogP contribution in [0.5, 0.6) is 0 Å². The van der Waals surface area contributed by atoms with E-state index in [1.54, 1.807) is 24.3 Å². The van der Waals surface area contributed by atoms with Crippen molar-refractivity contribution in [3.63, 3.8) is 0 Å². The van der Waals surface area contributed by atoms with Crippen LogP contribution in [0.15, 0.2) is 24.3 Å². The molecule has 1 aromatic carbocycles. The second-order valence-electron chi connectivity index (χ2n) is 3.81. The number of alkyl halides is 2. The highest BCUT2D eigenvalue weighted by Gasteiger charge is 2.36. The molecule has 1 aliphatic heterocycles. The monoisotopic (exact) mass is 245 g/mol. The highest BCUT2D eigenvalue weighted by atomic mass is 35.5. The molecule has 0 bridgehead atoms. The van der Waals surface area contributed by atoms with Crippen molar-refractivity contribution in [1.82, 2.24) is 4.90 Å². The van der Waals surface area contributed by atoms with Crippen LogP contribution in [0.2, 0.25) is 5.02 Å². The Morgan fingerprint density at radius 2 is 1.88 bits per heavy atom. The number of carbonyl (C=O) groups is 1. The first-order valence-electron chi connectivity index (χ1n) is 4.91. The zero-order valence-corrected chi connectivity index (χ0v) is 9.12. The lowest BCUT2D eigenvalue weighted by molar-refractivity contribution is -0.0152. The molecular weight excluding hydrogens is 236 g/mol. The van der Waals surface area contributed by atoms with Gasteiger partial charge in [-0.2, -0.15) is 0 Å². The van der Waals surface area contributed by atoms with Crippen LogP contribution in [0.3, 0.4) is 0 Å². The Morgan fingerprint density at radius 3 is 2.38 bits per heavy atom. The van der Waals surface area contributed by atoms with Crippen molar-refractivity contribution >= 4 is 17.5 Å². The third-order valence-corrected chi connectivity index (χ3v) is 2.90. The van der Waals surface area contributed by atoms with Crippen LogP contribution in [0.4, 0.5) is 8.78 Å². The Kier molecular flexibility index (Phi) is 3.10. The van der Waals surface area contributed by atoms with Gasteiger partial charge >= 0.3 is 0 Å². The maximum Gasteiger partial charge on any atom is 0.253 e. The van der Waals surface area contributed by atoms with Crippen LogP contribution in [-0.4, -0.2) is 30.3 Å². The summed E-state index contributed by atoms with van der Waals surface area (Å²) in [6.07, 6.45) is -2.34. The summed E-state index contributed by atoms with van der Waals surface area (Å²) in [5.74, 6) is -0.884. The molecule has 0 radical (unpaired) electrons. The Hall–Kier alpha value is -1.16. The number of hydrogen-bond donors (Lipinski definition) is 0. The minimum Gasteiger partial charge on any atom is -0.338 e. The average molecular weight is 246 g/mol. The summed E-state index contributed by atoms with van der Waals surface area (Å²) in [6, 6.07) is 6.42. The van der Waals surface area contributed by atoms with Crippen molar-refractivity contribution < 1.29 is 13.6 Å². The molecule has 1 aliphatic rings. The molecule has 1 aromatic rings. The van der Waals surface area contributed by atoms with E-state index in [9.17, 15) is 13.6 Å². The van der Waals surface area contributed by atoms with E-state index in [1.165, 1.54) is 4.90 Å². The maximum atomic E-state index is 12.2. The van der Waals surface area contributed by atoms with Gasteiger partial charge in [0.05, 0.1) is 5.92 Å². The molecule has 0 atom stereocenters. The molecule has 2 nitrogen and oxygen atoms in total. The first-order valence-corrected chi connectivity index (χ1v) is 5.28.